The zero-order valence-corrected chi connectivity index (χ0v) is 10.9. The fraction of sp³-hybridized carbons (Fsp3) is 0.700. The van der Waals surface area contributed by atoms with E-state index >= 15 is 0 Å². The summed E-state index contributed by atoms with van der Waals surface area (Å²) in [6.45, 7) is 6.82. The summed E-state index contributed by atoms with van der Waals surface area (Å²) in [6, 6.07) is 0.425. The van der Waals surface area contributed by atoms with Crippen LogP contribution in [0.5, 0.6) is 0 Å². The van der Waals surface area contributed by atoms with E-state index in [2.05, 4.69) is 48.5 Å². The maximum Gasteiger partial charge on any atom is 0.135 e. The van der Waals surface area contributed by atoms with Gasteiger partial charge in [-0.05, 0) is 47.3 Å². The van der Waals surface area contributed by atoms with Crippen molar-refractivity contribution in [3.8, 4) is 0 Å². The van der Waals surface area contributed by atoms with Gasteiger partial charge in [0.1, 0.15) is 5.82 Å². The molecule has 14 heavy (non-hydrogen) atoms. The Morgan fingerprint density at radius 1 is 1.71 bits per heavy atom. The second-order valence-electron chi connectivity index (χ2n) is 4.86. The second-order valence-corrected chi connectivity index (χ2v) is 6.02. The molecule has 1 saturated carbocycles. The second kappa shape index (κ2) is 3.12. The van der Waals surface area contributed by atoms with Crippen LogP contribution in [0.2, 0.25) is 0 Å². The maximum atomic E-state index is 5.95. The maximum absolute atomic E-state index is 5.95. The van der Waals surface area contributed by atoms with E-state index in [-0.39, 0.29) is 0 Å². The van der Waals surface area contributed by atoms with Crippen LogP contribution < -0.4 is 5.73 Å². The molecular formula is C10H16IN3. The van der Waals surface area contributed by atoms with Gasteiger partial charge in [0.2, 0.25) is 0 Å². The molecule has 1 heterocycles. The lowest BCUT2D eigenvalue weighted by Crippen LogP contribution is -2.14. The molecule has 1 aromatic rings. The molecule has 0 aliphatic heterocycles. The lowest BCUT2D eigenvalue weighted by Gasteiger charge is -2.15. The summed E-state index contributed by atoms with van der Waals surface area (Å²) in [5.74, 6) is 1.53. The molecule has 2 atom stereocenters. The number of anilines is 1. The molecule has 0 bridgehead atoms. The largest absolute Gasteiger partial charge is 0.383 e. The number of halogens is 1. The third kappa shape index (κ3) is 1.53. The number of nitrogen functional groups attached to an aromatic ring is 1. The van der Waals surface area contributed by atoms with Gasteiger partial charge in [0.15, 0.2) is 0 Å². The molecule has 1 aliphatic carbocycles. The summed E-state index contributed by atoms with van der Waals surface area (Å²) in [5.41, 5.74) is 6.43. The third-order valence-corrected chi connectivity index (χ3v) is 4.18. The Morgan fingerprint density at radius 3 is 2.64 bits per heavy atom. The molecule has 1 aromatic heterocycles. The van der Waals surface area contributed by atoms with Crippen LogP contribution in [0.4, 0.5) is 5.82 Å². The standard InChI is InChI=1S/C10H16IN3/c1-6(7-4-10(7,2)3)14-9(12)8(11)5-13-14/h5-7H,4,12H2,1-3H3. The van der Waals surface area contributed by atoms with Crippen LogP contribution in [-0.4, -0.2) is 9.78 Å². The first-order chi connectivity index (χ1) is 6.43. The van der Waals surface area contributed by atoms with E-state index in [1.165, 1.54) is 6.42 Å². The van der Waals surface area contributed by atoms with E-state index in [1.807, 2.05) is 10.9 Å². The van der Waals surface area contributed by atoms with Crippen LogP contribution in [0.25, 0.3) is 0 Å². The first kappa shape index (κ1) is 10.3. The molecule has 0 radical (unpaired) electrons. The summed E-state index contributed by atoms with van der Waals surface area (Å²) in [6.07, 6.45) is 3.12. The zero-order valence-electron chi connectivity index (χ0n) is 8.79. The Hall–Kier alpha value is -0.260. The first-order valence-corrected chi connectivity index (χ1v) is 6.00. The molecule has 0 amide bonds. The van der Waals surface area contributed by atoms with Gasteiger partial charge < -0.3 is 5.73 Å². The van der Waals surface area contributed by atoms with Gasteiger partial charge in [-0.3, -0.25) is 0 Å². The van der Waals surface area contributed by atoms with E-state index in [1.54, 1.807) is 0 Å². The highest BCUT2D eigenvalue weighted by molar-refractivity contribution is 14.1. The van der Waals surface area contributed by atoms with Gasteiger partial charge in [-0.2, -0.15) is 5.10 Å². The lowest BCUT2D eigenvalue weighted by atomic mass is 10.1. The Kier molecular flexibility index (Phi) is 2.28. The summed E-state index contributed by atoms with van der Waals surface area (Å²) < 4.78 is 3.01. The summed E-state index contributed by atoms with van der Waals surface area (Å²) in [5, 5.41) is 4.33. The number of nitrogens with zero attached hydrogens (tertiary/aromatic N) is 2. The molecule has 0 aromatic carbocycles. The lowest BCUT2D eigenvalue weighted by molar-refractivity contribution is 0.387. The number of aromatic nitrogens is 2. The molecule has 2 unspecified atom stereocenters. The zero-order chi connectivity index (χ0) is 10.5. The molecule has 2 rings (SSSR count). The van der Waals surface area contributed by atoms with Gasteiger partial charge >= 0.3 is 0 Å². The van der Waals surface area contributed by atoms with Gasteiger partial charge in [-0.15, -0.1) is 0 Å². The van der Waals surface area contributed by atoms with Crippen molar-refractivity contribution in [2.24, 2.45) is 11.3 Å². The van der Waals surface area contributed by atoms with Crippen molar-refractivity contribution in [2.45, 2.75) is 33.2 Å². The topological polar surface area (TPSA) is 43.8 Å². The summed E-state index contributed by atoms with van der Waals surface area (Å²) >= 11 is 2.22. The van der Waals surface area contributed by atoms with Crippen molar-refractivity contribution in [3.63, 3.8) is 0 Å². The average Bonchev–Trinajstić information content (AvgIpc) is 2.61. The first-order valence-electron chi connectivity index (χ1n) is 4.92. The molecule has 0 saturated heterocycles. The van der Waals surface area contributed by atoms with E-state index in [0.717, 1.165) is 15.3 Å². The number of rotatable bonds is 2. The normalized spacial score (nSPS) is 26.1. The average molecular weight is 305 g/mol. The molecule has 4 heteroatoms. The Labute approximate surface area is 98.2 Å². The molecular weight excluding hydrogens is 289 g/mol. The van der Waals surface area contributed by atoms with Gasteiger partial charge in [0.25, 0.3) is 0 Å². The predicted molar refractivity (Wildman–Crippen MR) is 66.0 cm³/mol. The molecule has 1 fully saturated rings. The Balaban J connectivity index is 2.20. The molecule has 3 nitrogen and oxygen atoms in total. The minimum atomic E-state index is 0.425. The van der Waals surface area contributed by atoms with Gasteiger partial charge in [0.05, 0.1) is 15.8 Å². The molecule has 0 spiro atoms. The predicted octanol–water partition coefficient (Wildman–Crippen LogP) is 2.68. The number of hydrogen-bond donors (Lipinski definition) is 1. The fourth-order valence-corrected chi connectivity index (χ4v) is 2.55. The Bertz CT molecular complexity index is 356. The van der Waals surface area contributed by atoms with Crippen LogP contribution in [0, 0.1) is 14.9 Å². The number of hydrogen-bond acceptors (Lipinski definition) is 2. The van der Waals surface area contributed by atoms with Gasteiger partial charge in [0, 0.05) is 0 Å². The van der Waals surface area contributed by atoms with Gasteiger partial charge in [-0.25, -0.2) is 4.68 Å². The van der Waals surface area contributed by atoms with Gasteiger partial charge in [-0.1, -0.05) is 13.8 Å². The minimum Gasteiger partial charge on any atom is -0.383 e. The quantitative estimate of drug-likeness (QED) is 0.854. The Morgan fingerprint density at radius 2 is 2.29 bits per heavy atom. The number of nitrogens with two attached hydrogens (primary N) is 1. The van der Waals surface area contributed by atoms with Crippen molar-refractivity contribution in [1.29, 1.82) is 0 Å². The van der Waals surface area contributed by atoms with E-state index in [9.17, 15) is 0 Å². The molecule has 78 valence electrons. The molecule has 1 aliphatic rings. The van der Waals surface area contributed by atoms with Crippen LogP contribution >= 0.6 is 22.6 Å². The highest BCUT2D eigenvalue weighted by Crippen LogP contribution is 2.57. The van der Waals surface area contributed by atoms with Crippen molar-refractivity contribution >= 4 is 28.4 Å². The van der Waals surface area contributed by atoms with E-state index < -0.39 is 0 Å². The van der Waals surface area contributed by atoms with Crippen molar-refractivity contribution < 1.29 is 0 Å². The third-order valence-electron chi connectivity index (χ3n) is 3.34. The summed E-state index contributed by atoms with van der Waals surface area (Å²) in [4.78, 5) is 0. The van der Waals surface area contributed by atoms with Crippen molar-refractivity contribution in [3.05, 3.63) is 9.77 Å². The smallest absolute Gasteiger partial charge is 0.135 e. The highest BCUT2D eigenvalue weighted by atomic mass is 127. The van der Waals surface area contributed by atoms with E-state index in [0.29, 0.717) is 11.5 Å². The van der Waals surface area contributed by atoms with Crippen molar-refractivity contribution in [2.75, 3.05) is 5.73 Å². The summed E-state index contributed by atoms with van der Waals surface area (Å²) in [7, 11) is 0. The SMILES string of the molecule is CC(C1CC1(C)C)n1ncc(I)c1N. The van der Waals surface area contributed by atoms with Crippen molar-refractivity contribution in [1.82, 2.24) is 9.78 Å². The minimum absolute atomic E-state index is 0.425. The molecule has 2 N–H and O–H groups in total. The van der Waals surface area contributed by atoms with E-state index in [4.69, 9.17) is 5.73 Å². The van der Waals surface area contributed by atoms with Crippen LogP contribution in [0.3, 0.4) is 0 Å². The fourth-order valence-electron chi connectivity index (χ4n) is 2.18. The van der Waals surface area contributed by atoms with Crippen LogP contribution in [0.1, 0.15) is 33.2 Å². The van der Waals surface area contributed by atoms with Crippen LogP contribution in [0.15, 0.2) is 6.20 Å². The van der Waals surface area contributed by atoms with Crippen LogP contribution in [-0.2, 0) is 0 Å². The highest BCUT2D eigenvalue weighted by Gasteiger charge is 2.49. The monoisotopic (exact) mass is 305 g/mol.